The molecule has 1 aromatic heterocycles. The molecule has 6 heteroatoms. The Bertz CT molecular complexity index is 692. The van der Waals surface area contributed by atoms with Gasteiger partial charge in [0.05, 0.1) is 35.2 Å². The van der Waals surface area contributed by atoms with Crippen LogP contribution in [0.15, 0.2) is 29.3 Å². The first-order valence-electron chi connectivity index (χ1n) is 7.39. The number of carbonyl (C=O) groups excluding carboxylic acids is 1. The normalized spacial score (nSPS) is 18.6. The maximum Gasteiger partial charge on any atom is 0.233 e. The molecule has 0 saturated carbocycles. The average molecular weight is 317 g/mol. The number of fused-ring (bicyclic) bond motifs is 1. The second kappa shape index (κ2) is 6.62. The van der Waals surface area contributed by atoms with Gasteiger partial charge in [0.1, 0.15) is 5.03 Å². The predicted molar refractivity (Wildman–Crippen MR) is 87.0 cm³/mol. The summed E-state index contributed by atoms with van der Waals surface area (Å²) in [5.74, 6) is 0.523. The minimum Gasteiger partial charge on any atom is -0.375 e. The van der Waals surface area contributed by atoms with Crippen LogP contribution in [0.3, 0.4) is 0 Å². The fourth-order valence-corrected chi connectivity index (χ4v) is 3.34. The Morgan fingerprint density at radius 2 is 2.09 bits per heavy atom. The third-order valence-corrected chi connectivity index (χ3v) is 4.68. The molecule has 1 unspecified atom stereocenters. The second-order valence-corrected chi connectivity index (χ2v) is 6.38. The number of nitrogens with zero attached hydrogens (tertiary/aromatic N) is 3. The molecule has 1 aliphatic rings. The lowest BCUT2D eigenvalue weighted by Crippen LogP contribution is -2.45. The molecular weight excluding hydrogens is 298 g/mol. The zero-order valence-corrected chi connectivity index (χ0v) is 13.6. The van der Waals surface area contributed by atoms with E-state index in [1.807, 2.05) is 43.0 Å². The Hall–Kier alpha value is -1.66. The summed E-state index contributed by atoms with van der Waals surface area (Å²) in [5.41, 5.74) is 2.62. The van der Waals surface area contributed by atoms with Crippen LogP contribution in [0.25, 0.3) is 11.0 Å². The molecule has 2 heterocycles. The molecule has 0 spiro atoms. The van der Waals surface area contributed by atoms with Gasteiger partial charge in [0.25, 0.3) is 0 Å². The van der Waals surface area contributed by atoms with E-state index in [4.69, 9.17) is 4.74 Å². The van der Waals surface area contributed by atoms with E-state index in [9.17, 15) is 4.79 Å². The minimum absolute atomic E-state index is 0.116. The van der Waals surface area contributed by atoms with E-state index in [1.54, 1.807) is 0 Å². The van der Waals surface area contributed by atoms with E-state index >= 15 is 0 Å². The second-order valence-electron chi connectivity index (χ2n) is 5.41. The number of morpholine rings is 1. The number of aryl methyl sites for hydroxylation is 1. The van der Waals surface area contributed by atoms with Crippen LogP contribution >= 0.6 is 11.8 Å². The molecule has 0 N–H and O–H groups in total. The van der Waals surface area contributed by atoms with Gasteiger partial charge < -0.3 is 9.64 Å². The first-order chi connectivity index (χ1) is 10.6. The van der Waals surface area contributed by atoms with Crippen molar-refractivity contribution in [2.75, 3.05) is 25.4 Å². The van der Waals surface area contributed by atoms with Gasteiger partial charge in [-0.2, -0.15) is 0 Å². The van der Waals surface area contributed by atoms with Crippen molar-refractivity contribution in [3.05, 3.63) is 30.0 Å². The largest absolute Gasteiger partial charge is 0.375 e. The van der Waals surface area contributed by atoms with E-state index in [0.717, 1.165) is 21.8 Å². The lowest BCUT2D eigenvalue weighted by atomic mass is 10.3. The molecule has 1 atom stereocenters. The van der Waals surface area contributed by atoms with Crippen molar-refractivity contribution in [3.8, 4) is 0 Å². The number of benzene rings is 1. The molecule has 0 radical (unpaired) electrons. The quantitative estimate of drug-likeness (QED) is 0.813. The number of hydrogen-bond acceptors (Lipinski definition) is 5. The summed E-state index contributed by atoms with van der Waals surface area (Å²) in [5, 5.41) is 0.827. The van der Waals surface area contributed by atoms with Crippen LogP contribution in [0.2, 0.25) is 0 Å². The Balaban J connectivity index is 1.68. The highest BCUT2D eigenvalue weighted by atomic mass is 32.2. The molecule has 1 saturated heterocycles. The van der Waals surface area contributed by atoms with Crippen LogP contribution in [-0.4, -0.2) is 52.3 Å². The fraction of sp³-hybridized carbons (Fsp3) is 0.438. The van der Waals surface area contributed by atoms with Gasteiger partial charge in [0, 0.05) is 13.1 Å². The number of ether oxygens (including phenoxy) is 1. The van der Waals surface area contributed by atoms with Crippen LogP contribution < -0.4 is 0 Å². The molecular formula is C16H19N3O2S. The van der Waals surface area contributed by atoms with Crippen LogP contribution in [0.1, 0.15) is 12.6 Å². The molecule has 0 bridgehead atoms. The van der Waals surface area contributed by atoms with Crippen LogP contribution in [0.5, 0.6) is 0 Å². The topological polar surface area (TPSA) is 55.3 Å². The number of para-hydroxylation sites is 2. The Morgan fingerprint density at radius 1 is 1.36 bits per heavy atom. The SMILES string of the molecule is Cc1nc2ccccc2nc1SCC(=O)N1CCOC(C)C1. The van der Waals surface area contributed by atoms with Crippen molar-refractivity contribution in [1.82, 2.24) is 14.9 Å². The van der Waals surface area contributed by atoms with E-state index in [0.29, 0.717) is 25.4 Å². The van der Waals surface area contributed by atoms with Gasteiger partial charge in [0.15, 0.2) is 0 Å². The Labute approximate surface area is 134 Å². The van der Waals surface area contributed by atoms with E-state index in [2.05, 4.69) is 9.97 Å². The summed E-state index contributed by atoms with van der Waals surface area (Å²) < 4.78 is 5.47. The van der Waals surface area contributed by atoms with Crippen LogP contribution in [-0.2, 0) is 9.53 Å². The average Bonchev–Trinajstić information content (AvgIpc) is 2.52. The maximum atomic E-state index is 12.3. The summed E-state index contributed by atoms with van der Waals surface area (Å²) in [4.78, 5) is 23.3. The summed E-state index contributed by atoms with van der Waals surface area (Å²) in [6, 6.07) is 7.79. The third kappa shape index (κ3) is 3.39. The number of thioether (sulfide) groups is 1. The van der Waals surface area contributed by atoms with Crippen molar-refractivity contribution in [3.63, 3.8) is 0 Å². The van der Waals surface area contributed by atoms with Crippen molar-refractivity contribution in [1.29, 1.82) is 0 Å². The monoisotopic (exact) mass is 317 g/mol. The van der Waals surface area contributed by atoms with Gasteiger partial charge in [0.2, 0.25) is 5.91 Å². The van der Waals surface area contributed by atoms with Crippen molar-refractivity contribution in [2.45, 2.75) is 25.0 Å². The van der Waals surface area contributed by atoms with E-state index in [-0.39, 0.29) is 12.0 Å². The van der Waals surface area contributed by atoms with Gasteiger partial charge in [-0.25, -0.2) is 9.97 Å². The van der Waals surface area contributed by atoms with Crippen LogP contribution in [0, 0.1) is 6.92 Å². The summed E-state index contributed by atoms with van der Waals surface area (Å²) in [6.45, 7) is 5.88. The van der Waals surface area contributed by atoms with Crippen LogP contribution in [0.4, 0.5) is 0 Å². The van der Waals surface area contributed by atoms with Crippen molar-refractivity contribution < 1.29 is 9.53 Å². The molecule has 3 rings (SSSR count). The molecule has 1 fully saturated rings. The Kier molecular flexibility index (Phi) is 4.59. The molecule has 1 amide bonds. The predicted octanol–water partition coefficient (Wildman–Crippen LogP) is 2.28. The lowest BCUT2D eigenvalue weighted by Gasteiger charge is -2.31. The summed E-state index contributed by atoms with van der Waals surface area (Å²) >= 11 is 1.46. The molecule has 0 aliphatic carbocycles. The highest BCUT2D eigenvalue weighted by Gasteiger charge is 2.21. The number of amides is 1. The Morgan fingerprint density at radius 3 is 2.82 bits per heavy atom. The number of hydrogen-bond donors (Lipinski definition) is 0. The highest BCUT2D eigenvalue weighted by molar-refractivity contribution is 7.99. The zero-order valence-electron chi connectivity index (χ0n) is 12.8. The highest BCUT2D eigenvalue weighted by Crippen LogP contribution is 2.22. The van der Waals surface area contributed by atoms with Gasteiger partial charge in [-0.15, -0.1) is 0 Å². The standard InChI is InChI=1S/C16H19N3O2S/c1-11-9-19(7-8-21-11)15(20)10-22-16-12(2)17-13-5-3-4-6-14(13)18-16/h3-6,11H,7-10H2,1-2H3. The number of rotatable bonds is 3. The molecule has 22 heavy (non-hydrogen) atoms. The van der Waals surface area contributed by atoms with Gasteiger partial charge >= 0.3 is 0 Å². The lowest BCUT2D eigenvalue weighted by molar-refractivity contribution is -0.135. The van der Waals surface area contributed by atoms with Gasteiger partial charge in [-0.05, 0) is 26.0 Å². The van der Waals surface area contributed by atoms with Gasteiger partial charge in [-0.3, -0.25) is 4.79 Å². The smallest absolute Gasteiger partial charge is 0.233 e. The van der Waals surface area contributed by atoms with E-state index < -0.39 is 0 Å². The molecule has 1 aromatic carbocycles. The maximum absolute atomic E-state index is 12.3. The molecule has 116 valence electrons. The number of carbonyl (C=O) groups is 1. The van der Waals surface area contributed by atoms with Crippen molar-refractivity contribution >= 4 is 28.7 Å². The third-order valence-electron chi connectivity index (χ3n) is 3.63. The number of aromatic nitrogens is 2. The minimum atomic E-state index is 0.116. The molecule has 2 aromatic rings. The fourth-order valence-electron chi connectivity index (χ4n) is 2.48. The van der Waals surface area contributed by atoms with E-state index in [1.165, 1.54) is 11.8 Å². The summed E-state index contributed by atoms with van der Waals surface area (Å²) in [7, 11) is 0. The molecule has 1 aliphatic heterocycles. The summed E-state index contributed by atoms with van der Waals surface area (Å²) in [6.07, 6.45) is 0.116. The first-order valence-corrected chi connectivity index (χ1v) is 8.37. The molecule has 5 nitrogen and oxygen atoms in total. The van der Waals surface area contributed by atoms with Gasteiger partial charge in [-0.1, -0.05) is 23.9 Å². The van der Waals surface area contributed by atoms with Crippen molar-refractivity contribution in [2.24, 2.45) is 0 Å². The first kappa shape index (κ1) is 15.2. The zero-order chi connectivity index (χ0) is 15.5.